The second-order valence-corrected chi connectivity index (χ2v) is 4.44. The average molecular weight is 203 g/mol. The number of hydrogen-bond donors (Lipinski definition) is 0. The van der Waals surface area contributed by atoms with E-state index in [1.54, 1.807) is 0 Å². The Labute approximate surface area is 86.6 Å². The number of halogens is 1. The van der Waals surface area contributed by atoms with Crippen molar-refractivity contribution in [1.29, 1.82) is 0 Å². The molecular formula is C12H7ClO. The van der Waals surface area contributed by atoms with Gasteiger partial charge >= 0.3 is 0 Å². The Morgan fingerprint density at radius 1 is 1.21 bits per heavy atom. The molecule has 0 spiro atoms. The molecule has 1 saturated heterocycles. The van der Waals surface area contributed by atoms with E-state index in [4.69, 9.17) is 16.3 Å². The summed E-state index contributed by atoms with van der Waals surface area (Å²) in [5.74, 6) is 0. The minimum atomic E-state index is -0.529. The SMILES string of the molecule is ClC12OC1C=CC1=C2c2ccccc21. The molecule has 14 heavy (non-hydrogen) atoms. The lowest BCUT2D eigenvalue weighted by Crippen LogP contribution is -2.20. The molecule has 68 valence electrons. The lowest BCUT2D eigenvalue weighted by molar-refractivity contribution is 0.400. The van der Waals surface area contributed by atoms with Crippen LogP contribution in [-0.4, -0.2) is 11.2 Å². The molecule has 4 rings (SSSR count). The summed E-state index contributed by atoms with van der Waals surface area (Å²) in [6.07, 6.45) is 4.26. The fraction of sp³-hybridized carbons (Fsp3) is 0.167. The third kappa shape index (κ3) is 0.616. The fourth-order valence-electron chi connectivity index (χ4n) is 2.39. The molecule has 2 atom stereocenters. The molecule has 0 aromatic heterocycles. The van der Waals surface area contributed by atoms with Crippen molar-refractivity contribution in [3.63, 3.8) is 0 Å². The van der Waals surface area contributed by atoms with Crippen molar-refractivity contribution >= 4 is 22.7 Å². The molecule has 0 radical (unpaired) electrons. The Balaban J connectivity index is 1.99. The predicted molar refractivity (Wildman–Crippen MR) is 55.9 cm³/mol. The van der Waals surface area contributed by atoms with E-state index in [0.29, 0.717) is 0 Å². The van der Waals surface area contributed by atoms with Gasteiger partial charge in [-0.05, 0) is 16.7 Å². The summed E-state index contributed by atoms with van der Waals surface area (Å²) in [7, 11) is 0. The van der Waals surface area contributed by atoms with Gasteiger partial charge in [0.05, 0.1) is 0 Å². The second-order valence-electron chi connectivity index (χ2n) is 3.88. The van der Waals surface area contributed by atoms with Gasteiger partial charge in [-0.2, -0.15) is 0 Å². The van der Waals surface area contributed by atoms with Gasteiger partial charge in [0, 0.05) is 5.57 Å². The summed E-state index contributed by atoms with van der Waals surface area (Å²) in [5.41, 5.74) is 4.99. The summed E-state index contributed by atoms with van der Waals surface area (Å²) in [6.45, 7) is 0. The average Bonchev–Trinajstić information content (AvgIpc) is 2.82. The van der Waals surface area contributed by atoms with E-state index in [9.17, 15) is 0 Å². The molecule has 1 nitrogen and oxygen atoms in total. The Morgan fingerprint density at radius 2 is 2.00 bits per heavy atom. The lowest BCUT2D eigenvalue weighted by atomic mass is 9.76. The number of hydrogen-bond acceptors (Lipinski definition) is 1. The lowest BCUT2D eigenvalue weighted by Gasteiger charge is -2.29. The van der Waals surface area contributed by atoms with Crippen LogP contribution in [0.2, 0.25) is 0 Å². The van der Waals surface area contributed by atoms with E-state index in [1.165, 1.54) is 22.3 Å². The van der Waals surface area contributed by atoms with Gasteiger partial charge in [-0.1, -0.05) is 48.0 Å². The van der Waals surface area contributed by atoms with Crippen LogP contribution in [0.3, 0.4) is 0 Å². The third-order valence-corrected chi connectivity index (χ3v) is 3.63. The predicted octanol–water partition coefficient (Wildman–Crippen LogP) is 2.81. The first-order valence-corrected chi connectivity index (χ1v) is 5.08. The molecule has 2 heteroatoms. The van der Waals surface area contributed by atoms with Gasteiger partial charge in [0.1, 0.15) is 6.10 Å². The number of fused-ring (bicyclic) bond motifs is 5. The minimum Gasteiger partial charge on any atom is -0.340 e. The number of allylic oxidation sites excluding steroid dienone is 2. The first kappa shape index (κ1) is 7.27. The highest BCUT2D eigenvalue weighted by Gasteiger charge is 2.61. The monoisotopic (exact) mass is 202 g/mol. The number of benzene rings is 1. The fourth-order valence-corrected chi connectivity index (χ4v) is 2.76. The normalized spacial score (nSPS) is 35.6. The second kappa shape index (κ2) is 1.97. The van der Waals surface area contributed by atoms with Crippen molar-refractivity contribution in [3.05, 3.63) is 47.5 Å². The van der Waals surface area contributed by atoms with Crippen LogP contribution in [0.25, 0.3) is 11.1 Å². The first-order chi connectivity index (χ1) is 6.81. The van der Waals surface area contributed by atoms with Crippen LogP contribution in [0, 0.1) is 0 Å². The van der Waals surface area contributed by atoms with E-state index < -0.39 is 5.06 Å². The van der Waals surface area contributed by atoms with Crippen molar-refractivity contribution in [3.8, 4) is 0 Å². The van der Waals surface area contributed by atoms with Crippen LogP contribution in [0.5, 0.6) is 0 Å². The molecule has 1 aromatic carbocycles. The van der Waals surface area contributed by atoms with Crippen LogP contribution in [-0.2, 0) is 4.74 Å². The number of ether oxygens (including phenoxy) is 1. The van der Waals surface area contributed by atoms with Crippen molar-refractivity contribution in [2.45, 2.75) is 11.2 Å². The Kier molecular flexibility index (Phi) is 1.02. The summed E-state index contributed by atoms with van der Waals surface area (Å²) in [4.78, 5) is 0. The van der Waals surface area contributed by atoms with Crippen molar-refractivity contribution in [2.24, 2.45) is 0 Å². The molecule has 0 N–H and O–H groups in total. The molecule has 1 aliphatic heterocycles. The summed E-state index contributed by atoms with van der Waals surface area (Å²) < 4.78 is 5.48. The smallest absolute Gasteiger partial charge is 0.199 e. The van der Waals surface area contributed by atoms with Crippen molar-refractivity contribution in [2.75, 3.05) is 0 Å². The molecule has 1 aromatic rings. The number of epoxide rings is 1. The Morgan fingerprint density at radius 3 is 2.86 bits per heavy atom. The zero-order valence-electron chi connectivity index (χ0n) is 7.33. The first-order valence-electron chi connectivity index (χ1n) is 4.70. The van der Waals surface area contributed by atoms with Crippen LogP contribution in [0.15, 0.2) is 36.4 Å². The number of alkyl halides is 1. The van der Waals surface area contributed by atoms with Crippen LogP contribution in [0.4, 0.5) is 0 Å². The van der Waals surface area contributed by atoms with Crippen LogP contribution < -0.4 is 0 Å². The van der Waals surface area contributed by atoms with Gasteiger partial charge in [0.25, 0.3) is 0 Å². The molecular weight excluding hydrogens is 196 g/mol. The van der Waals surface area contributed by atoms with Crippen molar-refractivity contribution in [1.82, 2.24) is 0 Å². The van der Waals surface area contributed by atoms with Gasteiger partial charge in [-0.15, -0.1) is 0 Å². The largest absolute Gasteiger partial charge is 0.340 e. The Hall–Kier alpha value is -1.05. The molecule has 0 amide bonds. The maximum Gasteiger partial charge on any atom is 0.199 e. The molecule has 2 aliphatic carbocycles. The maximum absolute atomic E-state index is 6.34. The minimum absolute atomic E-state index is 0.0938. The highest BCUT2D eigenvalue weighted by atomic mass is 35.5. The van der Waals surface area contributed by atoms with Crippen LogP contribution >= 0.6 is 11.6 Å². The molecule has 0 saturated carbocycles. The van der Waals surface area contributed by atoms with E-state index in [-0.39, 0.29) is 6.10 Å². The Bertz CT molecular complexity index is 515. The van der Waals surface area contributed by atoms with E-state index >= 15 is 0 Å². The number of rotatable bonds is 0. The van der Waals surface area contributed by atoms with E-state index in [2.05, 4.69) is 24.3 Å². The van der Waals surface area contributed by atoms with Crippen molar-refractivity contribution < 1.29 is 4.74 Å². The molecule has 3 aliphatic rings. The summed E-state index contributed by atoms with van der Waals surface area (Å²) in [6, 6.07) is 8.33. The maximum atomic E-state index is 6.34. The molecule has 0 bridgehead atoms. The topological polar surface area (TPSA) is 12.5 Å². The summed E-state index contributed by atoms with van der Waals surface area (Å²) >= 11 is 6.34. The van der Waals surface area contributed by atoms with Gasteiger partial charge in [-0.3, -0.25) is 0 Å². The quantitative estimate of drug-likeness (QED) is 0.466. The van der Waals surface area contributed by atoms with E-state index in [0.717, 1.165) is 0 Å². The van der Waals surface area contributed by atoms with Gasteiger partial charge in [0.15, 0.2) is 5.06 Å². The highest BCUT2D eigenvalue weighted by molar-refractivity contribution is 6.36. The standard InChI is InChI=1S/C12H7ClO/c13-12-10(14-12)6-5-9-7-3-1-2-4-8(7)11(9)12/h1-6,10H. The van der Waals surface area contributed by atoms with Gasteiger partial charge in [-0.25, -0.2) is 0 Å². The summed E-state index contributed by atoms with van der Waals surface area (Å²) in [5, 5.41) is -0.529. The molecule has 1 fully saturated rings. The highest BCUT2D eigenvalue weighted by Crippen LogP contribution is 2.61. The zero-order chi connectivity index (χ0) is 9.34. The van der Waals surface area contributed by atoms with Gasteiger partial charge < -0.3 is 4.74 Å². The zero-order valence-corrected chi connectivity index (χ0v) is 8.08. The van der Waals surface area contributed by atoms with Crippen LogP contribution in [0.1, 0.15) is 11.1 Å². The molecule has 1 heterocycles. The van der Waals surface area contributed by atoms with Gasteiger partial charge in [0.2, 0.25) is 0 Å². The van der Waals surface area contributed by atoms with E-state index in [1.807, 2.05) is 12.1 Å². The third-order valence-electron chi connectivity index (χ3n) is 3.14. The molecule has 2 unspecified atom stereocenters.